The molecule has 5 heteroatoms. The first-order chi connectivity index (χ1) is 14.5. The standard InChI is InChI=1S/C25H26N2O3/c1-18-7-6-8-19(2)25(18)30-17-24(29)27-22-14-12-21(13-15-22)26-23(28)16-11-20-9-4-3-5-10-20/h3-10,12-15H,11,16-17H2,1-2H3,(H,26,28)(H,27,29). The van der Waals surface area contributed by atoms with E-state index in [2.05, 4.69) is 10.6 Å². The third-order valence-corrected chi connectivity index (χ3v) is 4.69. The highest BCUT2D eigenvalue weighted by Crippen LogP contribution is 2.22. The molecule has 0 aliphatic carbocycles. The van der Waals surface area contributed by atoms with E-state index in [4.69, 9.17) is 4.74 Å². The smallest absolute Gasteiger partial charge is 0.262 e. The molecule has 0 heterocycles. The van der Waals surface area contributed by atoms with Crippen LogP contribution in [0.5, 0.6) is 5.75 Å². The van der Waals surface area contributed by atoms with Crippen molar-refractivity contribution >= 4 is 23.2 Å². The normalized spacial score (nSPS) is 10.3. The number of aryl methyl sites for hydroxylation is 3. The van der Waals surface area contributed by atoms with E-state index >= 15 is 0 Å². The van der Waals surface area contributed by atoms with E-state index in [9.17, 15) is 9.59 Å². The average molecular weight is 402 g/mol. The highest BCUT2D eigenvalue weighted by Gasteiger charge is 2.08. The second-order valence-corrected chi connectivity index (χ2v) is 7.17. The van der Waals surface area contributed by atoms with Crippen LogP contribution in [0.25, 0.3) is 0 Å². The Labute approximate surface area is 177 Å². The quantitative estimate of drug-likeness (QED) is 0.564. The molecule has 0 atom stereocenters. The Morgan fingerprint density at radius 3 is 1.90 bits per heavy atom. The number of anilines is 2. The molecule has 3 aromatic rings. The second-order valence-electron chi connectivity index (χ2n) is 7.17. The first-order valence-corrected chi connectivity index (χ1v) is 9.94. The van der Waals surface area contributed by atoms with Crippen LogP contribution in [-0.4, -0.2) is 18.4 Å². The second kappa shape index (κ2) is 10.3. The van der Waals surface area contributed by atoms with Crippen molar-refractivity contribution in [1.29, 1.82) is 0 Å². The predicted octanol–water partition coefficient (Wildman–Crippen LogP) is 4.89. The molecular weight excluding hydrogens is 376 g/mol. The van der Waals surface area contributed by atoms with E-state index in [1.165, 1.54) is 0 Å². The van der Waals surface area contributed by atoms with Gasteiger partial charge in [0.1, 0.15) is 5.75 Å². The van der Waals surface area contributed by atoms with E-state index < -0.39 is 0 Å². The van der Waals surface area contributed by atoms with Crippen molar-refractivity contribution in [2.75, 3.05) is 17.2 Å². The topological polar surface area (TPSA) is 67.4 Å². The molecule has 0 unspecified atom stereocenters. The predicted molar refractivity (Wildman–Crippen MR) is 120 cm³/mol. The molecule has 0 radical (unpaired) electrons. The summed E-state index contributed by atoms with van der Waals surface area (Å²) >= 11 is 0. The number of rotatable bonds is 8. The van der Waals surface area contributed by atoms with Crippen molar-refractivity contribution in [3.63, 3.8) is 0 Å². The third kappa shape index (κ3) is 6.21. The molecular formula is C25H26N2O3. The summed E-state index contributed by atoms with van der Waals surface area (Å²) in [6.45, 7) is 3.84. The van der Waals surface area contributed by atoms with E-state index in [0.29, 0.717) is 24.2 Å². The molecule has 5 nitrogen and oxygen atoms in total. The highest BCUT2D eigenvalue weighted by atomic mass is 16.5. The molecule has 0 aliphatic heterocycles. The minimum atomic E-state index is -0.239. The Kier molecular flexibility index (Phi) is 7.22. The summed E-state index contributed by atoms with van der Waals surface area (Å²) in [7, 11) is 0. The monoisotopic (exact) mass is 402 g/mol. The van der Waals surface area contributed by atoms with E-state index in [1.54, 1.807) is 24.3 Å². The summed E-state index contributed by atoms with van der Waals surface area (Å²) in [5.41, 5.74) is 4.46. The van der Waals surface area contributed by atoms with Gasteiger partial charge in [-0.25, -0.2) is 0 Å². The van der Waals surface area contributed by atoms with Gasteiger partial charge in [0.25, 0.3) is 5.91 Å². The Bertz CT molecular complexity index is 978. The van der Waals surface area contributed by atoms with Gasteiger partial charge in [0.15, 0.2) is 6.61 Å². The third-order valence-electron chi connectivity index (χ3n) is 4.69. The molecule has 0 aromatic heterocycles. The zero-order chi connectivity index (χ0) is 21.3. The van der Waals surface area contributed by atoms with Gasteiger partial charge in [-0.1, -0.05) is 48.5 Å². The van der Waals surface area contributed by atoms with E-state index in [0.717, 1.165) is 22.4 Å². The van der Waals surface area contributed by atoms with Gasteiger partial charge in [-0.3, -0.25) is 9.59 Å². The summed E-state index contributed by atoms with van der Waals surface area (Å²) in [6, 6.07) is 22.8. The number of ether oxygens (including phenoxy) is 1. The van der Waals surface area contributed by atoms with Crippen molar-refractivity contribution in [2.24, 2.45) is 0 Å². The van der Waals surface area contributed by atoms with Crippen LogP contribution in [-0.2, 0) is 16.0 Å². The molecule has 2 amide bonds. The van der Waals surface area contributed by atoms with Crippen molar-refractivity contribution in [3.05, 3.63) is 89.5 Å². The van der Waals surface area contributed by atoms with Crippen LogP contribution >= 0.6 is 0 Å². The van der Waals surface area contributed by atoms with Crippen LogP contribution in [0.1, 0.15) is 23.1 Å². The highest BCUT2D eigenvalue weighted by molar-refractivity contribution is 5.93. The maximum absolute atomic E-state index is 12.2. The fourth-order valence-electron chi connectivity index (χ4n) is 3.12. The maximum Gasteiger partial charge on any atom is 0.262 e. The molecule has 0 aliphatic rings. The van der Waals surface area contributed by atoms with Gasteiger partial charge >= 0.3 is 0 Å². The van der Waals surface area contributed by atoms with Crippen molar-refractivity contribution < 1.29 is 14.3 Å². The number of para-hydroxylation sites is 1. The molecule has 154 valence electrons. The van der Waals surface area contributed by atoms with Crippen LogP contribution in [0.15, 0.2) is 72.8 Å². The van der Waals surface area contributed by atoms with Gasteiger partial charge in [0.05, 0.1) is 0 Å². The minimum absolute atomic E-state index is 0.0439. The number of benzene rings is 3. The zero-order valence-electron chi connectivity index (χ0n) is 17.3. The number of carbonyl (C=O) groups excluding carboxylic acids is 2. The number of hydrogen-bond donors (Lipinski definition) is 2. The molecule has 30 heavy (non-hydrogen) atoms. The average Bonchev–Trinajstić information content (AvgIpc) is 2.74. The van der Waals surface area contributed by atoms with Gasteiger partial charge in [-0.05, 0) is 61.2 Å². The van der Waals surface area contributed by atoms with Gasteiger partial charge in [-0.15, -0.1) is 0 Å². The van der Waals surface area contributed by atoms with Crippen LogP contribution in [0.4, 0.5) is 11.4 Å². The van der Waals surface area contributed by atoms with Gasteiger partial charge in [0.2, 0.25) is 5.91 Å². The molecule has 3 rings (SSSR count). The lowest BCUT2D eigenvalue weighted by atomic mass is 10.1. The number of amides is 2. The summed E-state index contributed by atoms with van der Waals surface area (Å²) in [5.74, 6) is 0.455. The fourth-order valence-corrected chi connectivity index (χ4v) is 3.12. The van der Waals surface area contributed by atoms with Gasteiger partial charge in [-0.2, -0.15) is 0 Å². The Morgan fingerprint density at radius 1 is 0.733 bits per heavy atom. The zero-order valence-corrected chi connectivity index (χ0v) is 17.3. The van der Waals surface area contributed by atoms with Crippen LogP contribution in [0.2, 0.25) is 0 Å². The molecule has 2 N–H and O–H groups in total. The lowest BCUT2D eigenvalue weighted by Crippen LogP contribution is -2.20. The number of carbonyl (C=O) groups is 2. The van der Waals surface area contributed by atoms with E-state index in [1.807, 2.05) is 62.4 Å². The van der Waals surface area contributed by atoms with Gasteiger partial charge in [0, 0.05) is 17.8 Å². The lowest BCUT2D eigenvalue weighted by Gasteiger charge is -2.12. The van der Waals surface area contributed by atoms with Crippen molar-refractivity contribution in [1.82, 2.24) is 0 Å². The Morgan fingerprint density at radius 2 is 1.30 bits per heavy atom. The van der Waals surface area contributed by atoms with Gasteiger partial charge < -0.3 is 15.4 Å². The van der Waals surface area contributed by atoms with Crippen LogP contribution in [0.3, 0.4) is 0 Å². The fraction of sp³-hybridized carbons (Fsp3) is 0.200. The van der Waals surface area contributed by atoms with Crippen LogP contribution < -0.4 is 15.4 Å². The first kappa shape index (κ1) is 21.1. The number of hydrogen-bond acceptors (Lipinski definition) is 3. The molecule has 0 spiro atoms. The molecule has 0 saturated heterocycles. The van der Waals surface area contributed by atoms with Crippen molar-refractivity contribution in [2.45, 2.75) is 26.7 Å². The lowest BCUT2D eigenvalue weighted by molar-refractivity contribution is -0.118. The first-order valence-electron chi connectivity index (χ1n) is 9.94. The molecule has 0 fully saturated rings. The van der Waals surface area contributed by atoms with Crippen LogP contribution in [0, 0.1) is 13.8 Å². The van der Waals surface area contributed by atoms with Crippen molar-refractivity contribution in [3.8, 4) is 5.75 Å². The largest absolute Gasteiger partial charge is 0.483 e. The Balaban J connectivity index is 1.45. The summed E-state index contributed by atoms with van der Waals surface area (Å²) in [6.07, 6.45) is 1.11. The maximum atomic E-state index is 12.2. The Hall–Kier alpha value is -3.60. The SMILES string of the molecule is Cc1cccc(C)c1OCC(=O)Nc1ccc(NC(=O)CCc2ccccc2)cc1. The summed E-state index contributed by atoms with van der Waals surface area (Å²) in [4.78, 5) is 24.3. The minimum Gasteiger partial charge on any atom is -0.483 e. The number of nitrogens with one attached hydrogen (secondary N) is 2. The summed E-state index contributed by atoms with van der Waals surface area (Å²) < 4.78 is 5.67. The van der Waals surface area contributed by atoms with E-state index in [-0.39, 0.29) is 18.4 Å². The molecule has 0 bridgehead atoms. The molecule has 0 saturated carbocycles. The summed E-state index contributed by atoms with van der Waals surface area (Å²) in [5, 5.41) is 5.68. The molecule has 3 aromatic carbocycles.